The van der Waals surface area contributed by atoms with Gasteiger partial charge >= 0.3 is 74.3 Å². The summed E-state index contributed by atoms with van der Waals surface area (Å²) in [6.45, 7) is 2.01. The van der Waals surface area contributed by atoms with Crippen molar-refractivity contribution in [2.75, 3.05) is 0 Å². The van der Waals surface area contributed by atoms with Gasteiger partial charge < -0.3 is 0 Å². The Bertz CT molecular complexity index is 108. The molecule has 0 amide bonds. The first-order valence-corrected chi connectivity index (χ1v) is 10.5. The zero-order chi connectivity index (χ0) is 7.98. The molecule has 0 aromatic rings. The molecule has 0 spiro atoms. The first-order valence-electron chi connectivity index (χ1n) is 3.14. The monoisotopic (exact) mass is 240 g/mol. The van der Waals surface area contributed by atoms with Gasteiger partial charge in [-0.05, 0) is 0 Å². The molecule has 58 valence electrons. The molecule has 0 aliphatic rings. The third-order valence-electron chi connectivity index (χ3n) is 0.955. The molecule has 0 aliphatic heterocycles. The van der Waals surface area contributed by atoms with Crippen LogP contribution in [0.2, 0.25) is 0 Å². The predicted octanol–water partition coefficient (Wildman–Crippen LogP) is 2.18. The normalized spacial score (nSPS) is 9.10. The van der Waals surface area contributed by atoms with E-state index >= 15 is 0 Å². The maximum absolute atomic E-state index is 10.7. The number of rotatable bonds is 4. The summed E-state index contributed by atoms with van der Waals surface area (Å²) >= 11 is -2.58. The number of hydrogen-bond acceptors (Lipinski definition) is 2. The fraction of sp³-hybridized carbons (Fsp3) is 0.800. The number of unbranched alkanes of at least 4 members (excludes halogenated alkanes) is 1. The van der Waals surface area contributed by atoms with Gasteiger partial charge in [-0.25, -0.2) is 0 Å². The van der Waals surface area contributed by atoms with E-state index in [4.69, 9.17) is 19.3 Å². The first-order chi connectivity index (χ1) is 4.66. The number of carbonyl (C=O) groups excluding carboxylic acids is 1. The number of hydrogen-bond donors (Lipinski definition) is 0. The van der Waals surface area contributed by atoms with Gasteiger partial charge in [-0.2, -0.15) is 0 Å². The zero-order valence-corrected chi connectivity index (χ0v) is 9.71. The molecule has 0 heterocycles. The van der Waals surface area contributed by atoms with E-state index in [1.54, 1.807) is 0 Å². The number of carbonyl (C=O) groups is 1. The fourth-order valence-electron chi connectivity index (χ4n) is 0.479. The van der Waals surface area contributed by atoms with Gasteiger partial charge in [0.1, 0.15) is 0 Å². The summed E-state index contributed by atoms with van der Waals surface area (Å²) in [5.41, 5.74) is 0. The van der Waals surface area contributed by atoms with Crippen molar-refractivity contribution in [2.45, 2.75) is 26.2 Å². The third-order valence-corrected chi connectivity index (χ3v) is 2.81. The second-order valence-electron chi connectivity index (χ2n) is 1.85. The first kappa shape index (κ1) is 10.7. The van der Waals surface area contributed by atoms with Crippen molar-refractivity contribution in [2.24, 2.45) is 0 Å². The molecule has 0 N–H and O–H groups in total. The van der Waals surface area contributed by atoms with E-state index in [-0.39, 0.29) is 5.97 Å². The summed E-state index contributed by atoms with van der Waals surface area (Å²) in [6.07, 6.45) is 2.27. The quantitative estimate of drug-likeness (QED) is 0.706. The Morgan fingerprint density at radius 2 is 2.20 bits per heavy atom. The van der Waals surface area contributed by atoms with Gasteiger partial charge in [0.05, 0.1) is 0 Å². The van der Waals surface area contributed by atoms with Crippen LogP contribution in [0, 0.1) is 0 Å². The van der Waals surface area contributed by atoms with Crippen molar-refractivity contribution in [3.05, 3.63) is 0 Å². The average Bonchev–Trinajstić information content (AvgIpc) is 1.82. The molecule has 0 radical (unpaired) electrons. The van der Waals surface area contributed by atoms with Gasteiger partial charge in [-0.15, -0.1) is 0 Å². The molecule has 0 fully saturated rings. The molecule has 0 rings (SSSR count). The van der Waals surface area contributed by atoms with Crippen molar-refractivity contribution in [3.63, 3.8) is 0 Å². The Balaban J connectivity index is 3.26. The van der Waals surface area contributed by atoms with E-state index in [0.717, 1.165) is 12.8 Å². The van der Waals surface area contributed by atoms with Crippen LogP contribution >= 0.6 is 19.3 Å². The molecule has 0 bridgehead atoms. The molecule has 0 aliphatic carbocycles. The van der Waals surface area contributed by atoms with Gasteiger partial charge in [-0.3, -0.25) is 0 Å². The van der Waals surface area contributed by atoms with E-state index in [1.807, 2.05) is 6.92 Å². The van der Waals surface area contributed by atoms with Crippen LogP contribution in [0.15, 0.2) is 0 Å². The Morgan fingerprint density at radius 1 is 1.60 bits per heavy atom. The van der Waals surface area contributed by atoms with Crippen molar-refractivity contribution in [1.82, 2.24) is 0 Å². The molecule has 5 heteroatoms. The van der Waals surface area contributed by atoms with Crippen LogP contribution in [-0.4, -0.2) is 20.6 Å². The summed E-state index contributed by atoms with van der Waals surface area (Å²) in [6, 6.07) is 0. The van der Waals surface area contributed by atoms with Crippen LogP contribution in [0.5, 0.6) is 0 Å². The van der Waals surface area contributed by atoms with Crippen molar-refractivity contribution in [3.8, 4) is 0 Å². The van der Waals surface area contributed by atoms with Gasteiger partial charge in [-0.1, -0.05) is 0 Å². The zero-order valence-electron chi connectivity index (χ0n) is 5.77. The van der Waals surface area contributed by atoms with Crippen LogP contribution < -0.4 is 0 Å². The van der Waals surface area contributed by atoms with E-state index in [0.29, 0.717) is 6.42 Å². The van der Waals surface area contributed by atoms with Crippen LogP contribution in [0.3, 0.4) is 0 Å². The van der Waals surface area contributed by atoms with Gasteiger partial charge in [0.25, 0.3) is 0 Å². The molecule has 10 heavy (non-hydrogen) atoms. The second-order valence-corrected chi connectivity index (χ2v) is 8.72. The van der Waals surface area contributed by atoms with Gasteiger partial charge in [0, 0.05) is 0 Å². The topological polar surface area (TPSA) is 26.3 Å². The Labute approximate surface area is 74.3 Å². The van der Waals surface area contributed by atoms with Crippen LogP contribution in [0.1, 0.15) is 26.2 Å². The van der Waals surface area contributed by atoms with E-state index < -0.39 is 14.6 Å². The Morgan fingerprint density at radius 3 is 2.60 bits per heavy atom. The molecule has 2 nitrogen and oxygen atoms in total. The Kier molecular flexibility index (Phi) is 6.84. The molecule has 0 atom stereocenters. The van der Waals surface area contributed by atoms with Gasteiger partial charge in [0.15, 0.2) is 0 Å². The summed E-state index contributed by atoms with van der Waals surface area (Å²) in [4.78, 5) is 10.7. The number of halogens is 2. The SMILES string of the molecule is CCCCC(=O)[O][Ga]([Cl])[Cl]. The molecule has 0 saturated heterocycles. The van der Waals surface area contributed by atoms with Crippen LogP contribution in [-0.2, 0) is 8.32 Å². The second kappa shape index (κ2) is 6.40. The Hall–Kier alpha value is 0.686. The molecular weight excluding hydrogens is 233 g/mol. The van der Waals surface area contributed by atoms with Crippen molar-refractivity contribution < 1.29 is 8.32 Å². The summed E-state index contributed by atoms with van der Waals surface area (Å²) in [5.74, 6) is -0.253. The van der Waals surface area contributed by atoms with E-state index in [1.165, 1.54) is 0 Å². The maximum atomic E-state index is 10.7. The minimum atomic E-state index is -2.58. The summed E-state index contributed by atoms with van der Waals surface area (Å²) < 4.78 is 4.63. The van der Waals surface area contributed by atoms with Crippen molar-refractivity contribution in [1.29, 1.82) is 0 Å². The molecular formula is C5H9Cl2GaO2. The average molecular weight is 242 g/mol. The van der Waals surface area contributed by atoms with Crippen LogP contribution in [0.25, 0.3) is 0 Å². The molecule has 0 unspecified atom stereocenters. The van der Waals surface area contributed by atoms with E-state index in [2.05, 4.69) is 3.53 Å². The van der Waals surface area contributed by atoms with Crippen molar-refractivity contribution >= 4 is 39.8 Å². The predicted molar refractivity (Wildman–Crippen MR) is 43.1 cm³/mol. The van der Waals surface area contributed by atoms with Gasteiger partial charge in [0.2, 0.25) is 0 Å². The van der Waals surface area contributed by atoms with Crippen LogP contribution in [0.4, 0.5) is 0 Å². The molecule has 0 saturated carbocycles. The summed E-state index contributed by atoms with van der Waals surface area (Å²) in [7, 11) is 10.7. The van der Waals surface area contributed by atoms with E-state index in [9.17, 15) is 4.79 Å². The minimum absolute atomic E-state index is 0.253. The summed E-state index contributed by atoms with van der Waals surface area (Å²) in [5, 5.41) is 0. The standard InChI is InChI=1S/C5H10O2.2ClH.Ga/c1-2-3-4-5(6)7;;;/h2-4H2,1H3,(H,6,7);2*1H;/q;;;+3/p-3. The fourth-order valence-corrected chi connectivity index (χ4v) is 2.18. The third kappa shape index (κ3) is 6.80. The molecule has 0 aromatic heterocycles. The molecule has 0 aromatic carbocycles.